The largest absolute Gasteiger partial charge is 4.00 e. The zero-order valence-electron chi connectivity index (χ0n) is 18.2. The second kappa shape index (κ2) is 9.23. The molecule has 4 aromatic rings. The summed E-state index contributed by atoms with van der Waals surface area (Å²) in [5, 5.41) is 0. The zero-order chi connectivity index (χ0) is 22.4. The predicted octanol–water partition coefficient (Wildman–Crippen LogP) is 4.43. The maximum Gasteiger partial charge on any atom is 4.00 e. The maximum atomic E-state index is 4.49. The van der Waals surface area contributed by atoms with Gasteiger partial charge in [0.2, 0.25) is 0 Å². The number of rotatable bonds is 4. The van der Waals surface area contributed by atoms with Crippen LogP contribution in [-0.4, -0.2) is 34.0 Å². The summed E-state index contributed by atoms with van der Waals surface area (Å²) in [4.78, 5) is 27.7. The van der Waals surface area contributed by atoms with Gasteiger partial charge in [0, 0.05) is 24.8 Å². The smallest absolute Gasteiger partial charge is 0.487 e. The maximum absolute atomic E-state index is 4.49. The van der Waals surface area contributed by atoms with Gasteiger partial charge in [-0.3, -0.25) is 0 Å². The number of fused-ring (bicyclic) bond motifs is 2. The van der Waals surface area contributed by atoms with Gasteiger partial charge in [0.1, 0.15) is 23.3 Å². The van der Waals surface area contributed by atoms with E-state index < -0.39 is 0 Å². The summed E-state index contributed by atoms with van der Waals surface area (Å²) in [6.07, 6.45) is 6.80. The summed E-state index contributed by atoms with van der Waals surface area (Å²) in [6.45, 7) is 3.94. The number of nitrogens with zero attached hydrogens (tertiary/aromatic N) is 8. The molecule has 0 aliphatic carbocycles. The Balaban J connectivity index is 0.00000241. The van der Waals surface area contributed by atoms with Gasteiger partial charge in [0.15, 0.2) is 0 Å². The molecule has 2 aromatic carbocycles. The molecular formula is C24H18N8PtS. The molecule has 0 atom stereocenters. The summed E-state index contributed by atoms with van der Waals surface area (Å²) in [5.41, 5.74) is 1.81. The van der Waals surface area contributed by atoms with Crippen LogP contribution in [0.5, 0.6) is 0 Å². The monoisotopic (exact) mass is 645 g/mol. The molecule has 2 aliphatic rings. The summed E-state index contributed by atoms with van der Waals surface area (Å²) >= 11 is 1.61. The third-order valence-corrected chi connectivity index (χ3v) is 6.18. The summed E-state index contributed by atoms with van der Waals surface area (Å²) in [6, 6.07) is 19.2. The Hall–Kier alpha value is -3.16. The predicted molar refractivity (Wildman–Crippen MR) is 128 cm³/mol. The van der Waals surface area contributed by atoms with Gasteiger partial charge in [-0.15, -0.1) is 70.5 Å². The van der Waals surface area contributed by atoms with E-state index in [4.69, 9.17) is 0 Å². The molecule has 170 valence electrons. The Bertz CT molecular complexity index is 1230. The second-order valence-electron chi connectivity index (χ2n) is 7.50. The van der Waals surface area contributed by atoms with E-state index in [1.807, 2.05) is 83.4 Å². The molecule has 0 unspecified atom stereocenters. The van der Waals surface area contributed by atoms with Gasteiger partial charge in [0.25, 0.3) is 0 Å². The van der Waals surface area contributed by atoms with Crippen molar-refractivity contribution in [2.45, 2.75) is 9.79 Å². The first-order valence-electron chi connectivity index (χ1n) is 10.3. The molecule has 4 heterocycles. The van der Waals surface area contributed by atoms with Gasteiger partial charge < -0.3 is 19.6 Å². The van der Waals surface area contributed by atoms with Crippen LogP contribution in [0.2, 0.25) is 0 Å². The van der Waals surface area contributed by atoms with Crippen molar-refractivity contribution >= 4 is 46.4 Å². The first-order chi connectivity index (χ1) is 16.2. The minimum absolute atomic E-state index is 0. The van der Waals surface area contributed by atoms with Gasteiger partial charge in [0.05, 0.1) is 0 Å². The Morgan fingerprint density at radius 1 is 0.647 bits per heavy atom. The van der Waals surface area contributed by atoms with E-state index in [1.54, 1.807) is 36.5 Å². The molecule has 8 nitrogen and oxygen atoms in total. The number of anilines is 6. The van der Waals surface area contributed by atoms with Gasteiger partial charge in [-0.05, 0) is 14.1 Å². The van der Waals surface area contributed by atoms with Crippen molar-refractivity contribution in [3.8, 4) is 0 Å². The normalized spacial score (nSPS) is 14.2. The standard InChI is InChI=1S/C24H18N8S.Pt/c1-29-15-31(23-21(29)25-9-11-27-23)17-5-3-7-19(13-17)33-20-8-4-6-18(14-20)32-16-30(2)22-24(32)28-12-10-26-22;/h3-12,15-16H,1-2H3;/q-4;+4. The number of aromatic nitrogens is 4. The van der Waals surface area contributed by atoms with Crippen LogP contribution in [0.25, 0.3) is 0 Å². The zero-order valence-corrected chi connectivity index (χ0v) is 21.3. The summed E-state index contributed by atoms with van der Waals surface area (Å²) in [5.74, 6) is 3.22. The van der Waals surface area contributed by atoms with E-state index >= 15 is 0 Å². The second-order valence-corrected chi connectivity index (χ2v) is 8.59. The van der Waals surface area contributed by atoms with E-state index in [1.165, 1.54) is 0 Å². The summed E-state index contributed by atoms with van der Waals surface area (Å²) < 4.78 is 0. The van der Waals surface area contributed by atoms with Crippen molar-refractivity contribution in [2.24, 2.45) is 0 Å². The third-order valence-electron chi connectivity index (χ3n) is 5.27. The Morgan fingerprint density at radius 2 is 1.06 bits per heavy atom. The molecule has 2 aromatic heterocycles. The number of benzene rings is 2. The Kier molecular flexibility index (Phi) is 6.14. The minimum Gasteiger partial charge on any atom is -0.487 e. The van der Waals surface area contributed by atoms with Crippen LogP contribution in [0.4, 0.5) is 34.6 Å². The molecule has 10 heteroatoms. The number of hydrogen-bond acceptors (Lipinski definition) is 9. The molecule has 0 N–H and O–H groups in total. The molecule has 34 heavy (non-hydrogen) atoms. The van der Waals surface area contributed by atoms with E-state index in [9.17, 15) is 0 Å². The fourth-order valence-electron chi connectivity index (χ4n) is 3.79. The van der Waals surface area contributed by atoms with Crippen molar-refractivity contribution in [3.63, 3.8) is 0 Å². The minimum atomic E-state index is 0. The third kappa shape index (κ3) is 3.99. The van der Waals surface area contributed by atoms with Crippen LogP contribution in [0, 0.1) is 25.5 Å². The van der Waals surface area contributed by atoms with E-state index in [0.717, 1.165) is 44.4 Å². The average Bonchev–Trinajstić information content (AvgIpc) is 3.37. The first-order valence-corrected chi connectivity index (χ1v) is 11.1. The molecule has 0 bridgehead atoms. The molecular weight excluding hydrogens is 627 g/mol. The van der Waals surface area contributed by atoms with Crippen LogP contribution in [-0.2, 0) is 21.1 Å². The molecule has 0 radical (unpaired) electrons. The first kappa shape index (κ1) is 22.6. The van der Waals surface area contributed by atoms with Crippen LogP contribution >= 0.6 is 11.8 Å². The van der Waals surface area contributed by atoms with Crippen molar-refractivity contribution in [2.75, 3.05) is 33.7 Å². The molecule has 0 saturated heterocycles. The van der Waals surface area contributed by atoms with Gasteiger partial charge in [-0.1, -0.05) is 0 Å². The molecule has 0 fully saturated rings. The van der Waals surface area contributed by atoms with Crippen LogP contribution in [0.15, 0.2) is 71.0 Å². The number of hydrogen-bond donors (Lipinski definition) is 0. The fraction of sp³-hybridized carbons (Fsp3) is 0.0833. The molecule has 6 rings (SSSR count). The SMILES string of the molecule is CN1[CH-]N(c2[c-]c(Sc3[c-]c(N4[CH-]N(C)c5nccnc54)ccc3)ccc2)c2nccnc21.[Pt+4]. The Labute approximate surface area is 216 Å². The van der Waals surface area contributed by atoms with Crippen molar-refractivity contribution < 1.29 is 21.1 Å². The average molecular weight is 646 g/mol. The summed E-state index contributed by atoms with van der Waals surface area (Å²) in [7, 11) is 3.92. The fourth-order valence-corrected chi connectivity index (χ4v) is 4.63. The van der Waals surface area contributed by atoms with Crippen molar-refractivity contribution in [3.05, 3.63) is 86.7 Å². The van der Waals surface area contributed by atoms with E-state index in [2.05, 4.69) is 32.1 Å². The Morgan fingerprint density at radius 3 is 1.50 bits per heavy atom. The van der Waals surface area contributed by atoms with Crippen molar-refractivity contribution in [1.82, 2.24) is 19.9 Å². The van der Waals surface area contributed by atoms with Crippen LogP contribution in [0.3, 0.4) is 0 Å². The van der Waals surface area contributed by atoms with Crippen LogP contribution < -0.4 is 19.6 Å². The molecule has 0 spiro atoms. The molecule has 0 amide bonds. The quantitative estimate of drug-likeness (QED) is 0.300. The topological polar surface area (TPSA) is 64.5 Å². The van der Waals surface area contributed by atoms with E-state index in [0.29, 0.717) is 0 Å². The van der Waals surface area contributed by atoms with E-state index in [-0.39, 0.29) is 21.1 Å². The molecule has 2 aliphatic heterocycles. The van der Waals surface area contributed by atoms with Gasteiger partial charge >= 0.3 is 21.1 Å². The van der Waals surface area contributed by atoms with Gasteiger partial charge in [-0.2, -0.15) is 24.3 Å². The molecule has 0 saturated carbocycles. The van der Waals surface area contributed by atoms with Crippen molar-refractivity contribution in [1.29, 1.82) is 0 Å². The van der Waals surface area contributed by atoms with Crippen LogP contribution in [0.1, 0.15) is 0 Å². The van der Waals surface area contributed by atoms with Gasteiger partial charge in [-0.25, -0.2) is 19.9 Å².